The van der Waals surface area contributed by atoms with Crippen LogP contribution < -0.4 is 0 Å². The van der Waals surface area contributed by atoms with E-state index in [4.69, 9.17) is 13.7 Å². The van der Waals surface area contributed by atoms with Crippen LogP contribution in [0.1, 0.15) is 11.1 Å². The summed E-state index contributed by atoms with van der Waals surface area (Å²) in [5.41, 5.74) is 1.85. The summed E-state index contributed by atoms with van der Waals surface area (Å²) in [5, 5.41) is 0. The van der Waals surface area contributed by atoms with Gasteiger partial charge in [0, 0.05) is 6.08 Å². The number of cyclic esters (lactones) is 1. The first-order valence-electron chi connectivity index (χ1n) is 8.00. The summed E-state index contributed by atoms with van der Waals surface area (Å²) in [6.45, 7) is 1.77. The highest BCUT2D eigenvalue weighted by Crippen LogP contribution is 2.19. The third-order valence-corrected chi connectivity index (χ3v) is 5.03. The van der Waals surface area contributed by atoms with Crippen molar-refractivity contribution in [1.29, 1.82) is 0 Å². The topological polar surface area (TPSA) is 78.9 Å². The van der Waals surface area contributed by atoms with Gasteiger partial charge in [0.15, 0.2) is 0 Å². The van der Waals surface area contributed by atoms with E-state index >= 15 is 0 Å². The largest absolute Gasteiger partial charge is 0.482 e. The molecule has 2 aromatic rings. The molecular weight excluding hydrogens is 356 g/mol. The van der Waals surface area contributed by atoms with E-state index in [-0.39, 0.29) is 23.9 Å². The molecule has 0 amide bonds. The van der Waals surface area contributed by atoms with Crippen LogP contribution in [-0.2, 0) is 35.2 Å². The van der Waals surface area contributed by atoms with Crippen molar-refractivity contribution >= 4 is 16.1 Å². The van der Waals surface area contributed by atoms with Gasteiger partial charge in [-0.1, -0.05) is 48.0 Å². The first-order valence-corrected chi connectivity index (χ1v) is 9.40. The summed E-state index contributed by atoms with van der Waals surface area (Å²) in [7, 11) is -3.92. The lowest BCUT2D eigenvalue weighted by Crippen LogP contribution is -2.19. The number of hydrogen-bond acceptors (Lipinski definition) is 6. The van der Waals surface area contributed by atoms with Gasteiger partial charge in [0.1, 0.15) is 19.3 Å². The van der Waals surface area contributed by atoms with E-state index in [1.165, 1.54) is 18.2 Å². The Hall–Kier alpha value is -2.64. The molecule has 1 atom stereocenters. The summed E-state index contributed by atoms with van der Waals surface area (Å²) in [4.78, 5) is 11.9. The molecule has 2 aromatic carbocycles. The summed E-state index contributed by atoms with van der Waals surface area (Å²) >= 11 is 0. The molecule has 0 radical (unpaired) electrons. The van der Waals surface area contributed by atoms with Crippen molar-refractivity contribution in [2.24, 2.45) is 0 Å². The number of ether oxygens (including phenoxy) is 2. The van der Waals surface area contributed by atoms with Crippen molar-refractivity contribution in [3.8, 4) is 0 Å². The number of carbonyl (C=O) groups excluding carboxylic acids is 1. The number of aryl methyl sites for hydroxylation is 1. The maximum atomic E-state index is 12.2. The quantitative estimate of drug-likeness (QED) is 0.548. The van der Waals surface area contributed by atoms with Crippen molar-refractivity contribution in [2.75, 3.05) is 6.61 Å². The van der Waals surface area contributed by atoms with E-state index in [1.54, 1.807) is 12.1 Å². The van der Waals surface area contributed by atoms with E-state index in [1.807, 2.05) is 37.3 Å². The Kier molecular flexibility index (Phi) is 5.39. The Balaban J connectivity index is 1.57. The Morgan fingerprint density at radius 1 is 1.04 bits per heavy atom. The molecular formula is C19H18O6S. The van der Waals surface area contributed by atoms with Gasteiger partial charge in [-0.3, -0.25) is 4.18 Å². The van der Waals surface area contributed by atoms with Gasteiger partial charge in [-0.2, -0.15) is 8.42 Å². The van der Waals surface area contributed by atoms with Gasteiger partial charge in [-0.15, -0.1) is 0 Å². The van der Waals surface area contributed by atoms with Crippen LogP contribution >= 0.6 is 0 Å². The number of carbonyl (C=O) groups is 1. The molecule has 7 heteroatoms. The number of benzene rings is 2. The lowest BCUT2D eigenvalue weighted by molar-refractivity contribution is -0.144. The highest BCUT2D eigenvalue weighted by molar-refractivity contribution is 7.86. The van der Waals surface area contributed by atoms with Crippen molar-refractivity contribution in [2.45, 2.75) is 24.5 Å². The Bertz CT molecular complexity index is 901. The van der Waals surface area contributed by atoms with Crippen LogP contribution in [0, 0.1) is 6.92 Å². The molecule has 1 aliphatic heterocycles. The monoisotopic (exact) mass is 374 g/mol. The SMILES string of the molecule is Cc1ccc(S(=O)(=O)OCC2C=C(OCc3ccccc3)C(=O)O2)cc1. The van der Waals surface area contributed by atoms with Gasteiger partial charge >= 0.3 is 5.97 Å². The van der Waals surface area contributed by atoms with Crippen molar-refractivity contribution in [3.63, 3.8) is 0 Å². The van der Waals surface area contributed by atoms with Crippen LogP contribution in [-0.4, -0.2) is 27.1 Å². The molecule has 0 spiro atoms. The molecule has 3 rings (SSSR count). The molecule has 0 bridgehead atoms. The molecule has 0 aromatic heterocycles. The third-order valence-electron chi connectivity index (χ3n) is 3.73. The highest BCUT2D eigenvalue weighted by Gasteiger charge is 2.29. The lowest BCUT2D eigenvalue weighted by Gasteiger charge is -2.09. The molecule has 1 unspecified atom stereocenters. The molecule has 0 saturated carbocycles. The number of hydrogen-bond donors (Lipinski definition) is 0. The molecule has 26 heavy (non-hydrogen) atoms. The zero-order valence-electron chi connectivity index (χ0n) is 14.1. The lowest BCUT2D eigenvalue weighted by atomic mass is 10.2. The van der Waals surface area contributed by atoms with Gasteiger partial charge in [0.25, 0.3) is 10.1 Å². The second-order valence-electron chi connectivity index (χ2n) is 5.80. The molecule has 1 aliphatic rings. The molecule has 0 fully saturated rings. The second-order valence-corrected chi connectivity index (χ2v) is 7.42. The fraction of sp³-hybridized carbons (Fsp3) is 0.211. The molecule has 0 aliphatic carbocycles. The number of rotatable bonds is 7. The van der Waals surface area contributed by atoms with Gasteiger partial charge in [0.2, 0.25) is 5.76 Å². The van der Waals surface area contributed by atoms with Gasteiger partial charge in [-0.25, -0.2) is 4.79 Å². The Labute approximate surface area is 152 Å². The summed E-state index contributed by atoms with van der Waals surface area (Å²) in [6, 6.07) is 15.7. The van der Waals surface area contributed by atoms with Crippen LogP contribution in [0.25, 0.3) is 0 Å². The van der Waals surface area contributed by atoms with Crippen LogP contribution in [0.15, 0.2) is 71.3 Å². The van der Waals surface area contributed by atoms with E-state index in [0.717, 1.165) is 11.1 Å². The predicted octanol–water partition coefficient (Wildman–Crippen LogP) is 2.73. The minimum Gasteiger partial charge on any atom is -0.482 e. The fourth-order valence-corrected chi connectivity index (χ4v) is 3.24. The summed E-state index contributed by atoms with van der Waals surface area (Å²) in [6.07, 6.45) is 0.615. The van der Waals surface area contributed by atoms with Crippen molar-refractivity contribution in [1.82, 2.24) is 0 Å². The van der Waals surface area contributed by atoms with E-state index < -0.39 is 22.2 Å². The van der Waals surface area contributed by atoms with Gasteiger partial charge < -0.3 is 9.47 Å². The molecule has 0 saturated heterocycles. The van der Waals surface area contributed by atoms with Crippen LogP contribution in [0.4, 0.5) is 0 Å². The average Bonchev–Trinajstić information content (AvgIpc) is 2.99. The van der Waals surface area contributed by atoms with Crippen molar-refractivity contribution in [3.05, 3.63) is 77.6 Å². The van der Waals surface area contributed by atoms with E-state index in [2.05, 4.69) is 0 Å². The zero-order valence-corrected chi connectivity index (χ0v) is 14.9. The highest BCUT2D eigenvalue weighted by atomic mass is 32.2. The molecule has 6 nitrogen and oxygen atoms in total. The van der Waals surface area contributed by atoms with Crippen LogP contribution in [0.3, 0.4) is 0 Å². The fourth-order valence-electron chi connectivity index (χ4n) is 2.32. The summed E-state index contributed by atoms with van der Waals surface area (Å²) in [5.74, 6) is -0.586. The normalized spacial score (nSPS) is 16.9. The zero-order chi connectivity index (χ0) is 18.6. The molecule has 136 valence electrons. The Morgan fingerprint density at radius 2 is 1.73 bits per heavy atom. The standard InChI is InChI=1S/C19H18O6S/c1-14-7-9-17(10-8-14)26(21,22)24-13-16-11-18(19(20)25-16)23-12-15-5-3-2-4-6-15/h2-11,16H,12-13H2,1H3. The number of esters is 1. The second kappa shape index (κ2) is 7.72. The first-order chi connectivity index (χ1) is 12.4. The molecule has 1 heterocycles. The predicted molar refractivity (Wildman–Crippen MR) is 93.5 cm³/mol. The first kappa shape index (κ1) is 18.2. The third kappa shape index (κ3) is 4.50. The van der Waals surface area contributed by atoms with E-state index in [9.17, 15) is 13.2 Å². The minimum atomic E-state index is -3.92. The van der Waals surface area contributed by atoms with Crippen molar-refractivity contribution < 1.29 is 26.9 Å². The Morgan fingerprint density at radius 3 is 2.42 bits per heavy atom. The summed E-state index contributed by atoms with van der Waals surface area (Å²) < 4.78 is 39.8. The average molecular weight is 374 g/mol. The maximum absolute atomic E-state index is 12.2. The van der Waals surface area contributed by atoms with Gasteiger partial charge in [-0.05, 0) is 24.6 Å². The van der Waals surface area contributed by atoms with Crippen LogP contribution in [0.5, 0.6) is 0 Å². The van der Waals surface area contributed by atoms with E-state index in [0.29, 0.717) is 0 Å². The van der Waals surface area contributed by atoms with Gasteiger partial charge in [0.05, 0.1) is 4.90 Å². The molecule has 0 N–H and O–H groups in total. The van der Waals surface area contributed by atoms with Crippen LogP contribution in [0.2, 0.25) is 0 Å². The maximum Gasteiger partial charge on any atom is 0.374 e. The minimum absolute atomic E-state index is 0.0511. The smallest absolute Gasteiger partial charge is 0.374 e.